The minimum absolute atomic E-state index is 0.0250. The van der Waals surface area contributed by atoms with Gasteiger partial charge in [-0.3, -0.25) is 0 Å². The molecular weight excluding hydrogens is 320 g/mol. The molecule has 0 radical (unpaired) electrons. The molecule has 6 nitrogen and oxygen atoms in total. The molecule has 2 aliphatic rings. The summed E-state index contributed by atoms with van der Waals surface area (Å²) in [7, 11) is 0. The molecule has 1 saturated carbocycles. The summed E-state index contributed by atoms with van der Waals surface area (Å²) < 4.78 is 16.0. The Morgan fingerprint density at radius 1 is 1.32 bits per heavy atom. The topological polar surface area (TPSA) is 74.5 Å². The van der Waals surface area contributed by atoms with E-state index < -0.39 is 6.10 Å². The van der Waals surface area contributed by atoms with Crippen LogP contribution in [0.3, 0.4) is 0 Å². The van der Waals surface area contributed by atoms with Crippen molar-refractivity contribution >= 4 is 5.97 Å². The highest BCUT2D eigenvalue weighted by Crippen LogP contribution is 2.53. The van der Waals surface area contributed by atoms with Gasteiger partial charge < -0.3 is 14.0 Å². The van der Waals surface area contributed by atoms with Gasteiger partial charge in [-0.15, -0.1) is 0 Å². The summed E-state index contributed by atoms with van der Waals surface area (Å²) in [6, 6.07) is 8.05. The molecule has 2 aromatic rings. The van der Waals surface area contributed by atoms with E-state index in [9.17, 15) is 4.79 Å². The maximum atomic E-state index is 12.1. The van der Waals surface area contributed by atoms with Gasteiger partial charge in [0.25, 0.3) is 5.89 Å². The number of aromatic nitrogens is 2. The van der Waals surface area contributed by atoms with E-state index in [-0.39, 0.29) is 23.9 Å². The van der Waals surface area contributed by atoms with Gasteiger partial charge in [0.2, 0.25) is 5.82 Å². The van der Waals surface area contributed by atoms with Gasteiger partial charge in [-0.1, -0.05) is 43.3 Å². The van der Waals surface area contributed by atoms with Crippen LogP contribution in [-0.4, -0.2) is 28.8 Å². The van der Waals surface area contributed by atoms with Crippen molar-refractivity contribution in [3.63, 3.8) is 0 Å². The molecule has 0 N–H and O–H groups in total. The minimum atomic E-state index is -0.450. The Labute approximate surface area is 146 Å². The first kappa shape index (κ1) is 16.3. The Morgan fingerprint density at radius 2 is 2.08 bits per heavy atom. The molecule has 2 heterocycles. The van der Waals surface area contributed by atoms with E-state index in [0.717, 1.165) is 24.8 Å². The molecule has 1 spiro atoms. The third-order valence-corrected chi connectivity index (χ3v) is 5.07. The second-order valence-electron chi connectivity index (χ2n) is 7.40. The molecule has 1 aromatic heterocycles. The molecule has 1 aliphatic carbocycles. The van der Waals surface area contributed by atoms with Crippen LogP contribution in [0.15, 0.2) is 28.8 Å². The van der Waals surface area contributed by atoms with Crippen molar-refractivity contribution in [3.8, 4) is 11.4 Å². The molecule has 0 bridgehead atoms. The van der Waals surface area contributed by atoms with Crippen LogP contribution in [0.25, 0.3) is 11.4 Å². The van der Waals surface area contributed by atoms with E-state index in [1.807, 2.05) is 12.1 Å². The molecule has 1 unspecified atom stereocenters. The van der Waals surface area contributed by atoms with Crippen LogP contribution >= 0.6 is 0 Å². The smallest absolute Gasteiger partial charge is 0.335 e. The lowest BCUT2D eigenvalue weighted by molar-refractivity contribution is -0.156. The van der Waals surface area contributed by atoms with Gasteiger partial charge in [-0.25, -0.2) is 4.79 Å². The number of hydrogen-bond acceptors (Lipinski definition) is 6. The highest BCUT2D eigenvalue weighted by atomic mass is 16.6. The van der Waals surface area contributed by atoms with Crippen LogP contribution in [0.5, 0.6) is 0 Å². The van der Waals surface area contributed by atoms with Crippen molar-refractivity contribution < 1.29 is 18.8 Å². The molecule has 6 heteroatoms. The van der Waals surface area contributed by atoms with Crippen molar-refractivity contribution in [2.24, 2.45) is 5.41 Å². The monoisotopic (exact) mass is 342 g/mol. The maximum absolute atomic E-state index is 12.1. The lowest BCUT2D eigenvalue weighted by Crippen LogP contribution is -2.22. The Balaban J connectivity index is 1.34. The van der Waals surface area contributed by atoms with Gasteiger partial charge in [-0.2, -0.15) is 4.98 Å². The number of carbonyl (C=O) groups is 1. The molecule has 25 heavy (non-hydrogen) atoms. The summed E-state index contributed by atoms with van der Waals surface area (Å²) in [5, 5.41) is 3.96. The van der Waals surface area contributed by atoms with Crippen LogP contribution in [0.4, 0.5) is 0 Å². The average molecular weight is 342 g/mol. The molecule has 0 amide bonds. The number of hydrogen-bond donors (Lipinski definition) is 0. The second kappa shape index (κ2) is 6.26. The van der Waals surface area contributed by atoms with E-state index in [2.05, 4.69) is 36.1 Å². The van der Waals surface area contributed by atoms with Gasteiger partial charge in [0, 0.05) is 5.56 Å². The van der Waals surface area contributed by atoms with E-state index in [4.69, 9.17) is 14.0 Å². The zero-order valence-corrected chi connectivity index (χ0v) is 14.5. The minimum Gasteiger partial charge on any atom is -0.454 e. The number of nitrogens with zero attached hydrogens (tertiary/aromatic N) is 2. The van der Waals surface area contributed by atoms with Gasteiger partial charge >= 0.3 is 5.97 Å². The lowest BCUT2D eigenvalue weighted by Gasteiger charge is -2.07. The van der Waals surface area contributed by atoms with Crippen LogP contribution in [0, 0.1) is 5.41 Å². The van der Waals surface area contributed by atoms with Crippen LogP contribution < -0.4 is 0 Å². The quantitative estimate of drug-likeness (QED) is 0.775. The predicted octanol–water partition coefficient (Wildman–Crippen LogP) is 3.47. The first-order valence-corrected chi connectivity index (χ1v) is 8.76. The number of ether oxygens (including phenoxy) is 2. The SMILES string of the molecule is CC(C)c1ccc(-c2noc(COC(=O)C3CC4(CC4)CO3)n2)cc1. The lowest BCUT2D eigenvalue weighted by atomic mass is 10.0. The summed E-state index contributed by atoms with van der Waals surface area (Å²) in [6.45, 7) is 4.94. The van der Waals surface area contributed by atoms with Crippen molar-refractivity contribution in [2.75, 3.05) is 6.61 Å². The van der Waals surface area contributed by atoms with E-state index in [1.165, 1.54) is 5.56 Å². The van der Waals surface area contributed by atoms with E-state index in [0.29, 0.717) is 18.3 Å². The zero-order chi connectivity index (χ0) is 17.4. The number of benzene rings is 1. The third kappa shape index (κ3) is 3.44. The fraction of sp³-hybridized carbons (Fsp3) is 0.526. The molecule has 1 aliphatic heterocycles. The molecule has 1 saturated heterocycles. The van der Waals surface area contributed by atoms with Crippen LogP contribution in [0.2, 0.25) is 0 Å². The zero-order valence-electron chi connectivity index (χ0n) is 14.5. The molecular formula is C19H22N2O4. The summed E-state index contributed by atoms with van der Waals surface area (Å²) in [5.41, 5.74) is 2.38. The largest absolute Gasteiger partial charge is 0.454 e. The molecule has 4 rings (SSSR count). The van der Waals surface area contributed by atoms with Crippen molar-refractivity contribution in [1.82, 2.24) is 10.1 Å². The van der Waals surface area contributed by atoms with E-state index >= 15 is 0 Å². The Hall–Kier alpha value is -2.21. The summed E-state index contributed by atoms with van der Waals surface area (Å²) in [6.07, 6.45) is 2.62. The van der Waals surface area contributed by atoms with Crippen LogP contribution in [0.1, 0.15) is 50.5 Å². The Morgan fingerprint density at radius 3 is 2.72 bits per heavy atom. The third-order valence-electron chi connectivity index (χ3n) is 5.07. The summed E-state index contributed by atoms with van der Waals surface area (Å²) in [5.74, 6) is 0.914. The van der Waals surface area contributed by atoms with Crippen molar-refractivity contribution in [3.05, 3.63) is 35.7 Å². The summed E-state index contributed by atoms with van der Waals surface area (Å²) >= 11 is 0. The van der Waals surface area contributed by atoms with Crippen molar-refractivity contribution in [2.45, 2.75) is 51.7 Å². The Bertz CT molecular complexity index is 762. The number of rotatable bonds is 5. The molecule has 132 valence electrons. The van der Waals surface area contributed by atoms with Crippen LogP contribution in [-0.2, 0) is 20.9 Å². The predicted molar refractivity (Wildman–Crippen MR) is 89.6 cm³/mol. The number of esters is 1. The first-order chi connectivity index (χ1) is 12.0. The fourth-order valence-electron chi connectivity index (χ4n) is 3.14. The Kier molecular flexibility index (Phi) is 4.07. The fourth-order valence-corrected chi connectivity index (χ4v) is 3.14. The normalized spacial score (nSPS) is 21.0. The highest BCUT2D eigenvalue weighted by molar-refractivity contribution is 5.75. The highest BCUT2D eigenvalue weighted by Gasteiger charge is 2.51. The maximum Gasteiger partial charge on any atom is 0.335 e. The molecule has 1 aromatic carbocycles. The van der Waals surface area contributed by atoms with Gasteiger partial charge in [0.1, 0.15) is 0 Å². The first-order valence-electron chi connectivity index (χ1n) is 8.76. The van der Waals surface area contributed by atoms with Crippen molar-refractivity contribution in [1.29, 1.82) is 0 Å². The molecule has 1 atom stereocenters. The average Bonchev–Trinajstić information content (AvgIpc) is 3.03. The second-order valence-corrected chi connectivity index (χ2v) is 7.40. The number of carbonyl (C=O) groups excluding carboxylic acids is 1. The van der Waals surface area contributed by atoms with Gasteiger partial charge in [-0.05, 0) is 36.2 Å². The molecule has 2 fully saturated rings. The van der Waals surface area contributed by atoms with Gasteiger partial charge in [0.15, 0.2) is 12.7 Å². The standard InChI is InChI=1S/C19H22N2O4/c1-12(2)13-3-5-14(6-4-13)17-20-16(25-21-17)10-23-18(22)15-9-19(7-8-19)11-24-15/h3-6,12,15H,7-11H2,1-2H3. The van der Waals surface area contributed by atoms with Gasteiger partial charge in [0.05, 0.1) is 6.61 Å². The summed E-state index contributed by atoms with van der Waals surface area (Å²) in [4.78, 5) is 16.4. The van der Waals surface area contributed by atoms with E-state index in [1.54, 1.807) is 0 Å².